The van der Waals surface area contributed by atoms with Crippen molar-refractivity contribution in [2.45, 2.75) is 13.3 Å². The Morgan fingerprint density at radius 3 is 2.52 bits per heavy atom. The SMILES string of the molecule is CCCN1C(=O)/C(=C\c2ccc(Cl)cc2)c2ccccc21. The predicted molar refractivity (Wildman–Crippen MR) is 88.4 cm³/mol. The van der Waals surface area contributed by atoms with Gasteiger partial charge < -0.3 is 4.90 Å². The Kier molecular flexibility index (Phi) is 3.80. The van der Waals surface area contributed by atoms with Crippen LogP contribution in [0.4, 0.5) is 5.69 Å². The standard InChI is InChI=1S/C18H16ClNO/c1-2-11-20-17-6-4-3-5-15(17)16(18(20)21)12-13-7-9-14(19)10-8-13/h3-10,12H,2,11H2,1H3/b16-12-. The van der Waals surface area contributed by atoms with Crippen LogP contribution in [0.25, 0.3) is 11.6 Å². The van der Waals surface area contributed by atoms with Crippen LogP contribution in [0.2, 0.25) is 5.02 Å². The first-order valence-corrected chi connectivity index (χ1v) is 7.47. The monoisotopic (exact) mass is 297 g/mol. The Hall–Kier alpha value is -2.06. The molecule has 2 nitrogen and oxygen atoms in total. The highest BCUT2D eigenvalue weighted by Gasteiger charge is 2.31. The first kappa shape index (κ1) is 13.9. The molecule has 0 radical (unpaired) electrons. The van der Waals surface area contributed by atoms with E-state index in [4.69, 9.17) is 11.6 Å². The number of amides is 1. The van der Waals surface area contributed by atoms with E-state index in [2.05, 4.69) is 6.92 Å². The minimum absolute atomic E-state index is 0.0769. The quantitative estimate of drug-likeness (QED) is 0.756. The van der Waals surface area contributed by atoms with Gasteiger partial charge in [0.1, 0.15) is 0 Å². The zero-order valence-corrected chi connectivity index (χ0v) is 12.6. The average molecular weight is 298 g/mol. The molecule has 0 unspecified atom stereocenters. The first-order chi connectivity index (χ1) is 10.2. The van der Waals surface area contributed by atoms with Crippen LogP contribution in [0.1, 0.15) is 24.5 Å². The molecule has 0 bridgehead atoms. The van der Waals surface area contributed by atoms with Crippen LogP contribution in [-0.4, -0.2) is 12.5 Å². The highest BCUT2D eigenvalue weighted by Crippen LogP contribution is 2.37. The zero-order valence-electron chi connectivity index (χ0n) is 11.8. The molecule has 1 amide bonds. The molecular weight excluding hydrogens is 282 g/mol. The van der Waals surface area contributed by atoms with Gasteiger partial charge in [-0.15, -0.1) is 0 Å². The third-order valence-corrected chi connectivity index (χ3v) is 3.84. The van der Waals surface area contributed by atoms with Crippen molar-refractivity contribution in [3.8, 4) is 0 Å². The molecule has 0 aliphatic carbocycles. The molecule has 3 rings (SSSR count). The summed E-state index contributed by atoms with van der Waals surface area (Å²) in [4.78, 5) is 14.5. The van der Waals surface area contributed by atoms with Crippen molar-refractivity contribution in [1.29, 1.82) is 0 Å². The number of carbonyl (C=O) groups excluding carboxylic acids is 1. The van der Waals surface area contributed by atoms with E-state index in [0.29, 0.717) is 5.02 Å². The van der Waals surface area contributed by atoms with E-state index in [1.807, 2.05) is 59.5 Å². The lowest BCUT2D eigenvalue weighted by Gasteiger charge is -2.15. The summed E-state index contributed by atoms with van der Waals surface area (Å²) in [6.45, 7) is 2.82. The lowest BCUT2D eigenvalue weighted by Crippen LogP contribution is -2.26. The fourth-order valence-corrected chi connectivity index (χ4v) is 2.74. The fraction of sp³-hybridized carbons (Fsp3) is 0.167. The maximum Gasteiger partial charge on any atom is 0.258 e. The molecule has 2 aromatic rings. The van der Waals surface area contributed by atoms with Gasteiger partial charge in [0.05, 0.1) is 5.69 Å². The smallest absolute Gasteiger partial charge is 0.258 e. The van der Waals surface area contributed by atoms with Crippen LogP contribution in [0.3, 0.4) is 0 Å². The molecule has 0 saturated heterocycles. The number of para-hydroxylation sites is 1. The van der Waals surface area contributed by atoms with Gasteiger partial charge in [-0.2, -0.15) is 0 Å². The number of rotatable bonds is 3. The zero-order chi connectivity index (χ0) is 14.8. The summed E-state index contributed by atoms with van der Waals surface area (Å²) in [7, 11) is 0. The van der Waals surface area contributed by atoms with Crippen LogP contribution < -0.4 is 4.90 Å². The normalized spacial score (nSPS) is 15.6. The number of halogens is 1. The Morgan fingerprint density at radius 1 is 1.10 bits per heavy atom. The van der Waals surface area contributed by atoms with Gasteiger partial charge in [-0.3, -0.25) is 4.79 Å². The Labute approximate surface area is 129 Å². The van der Waals surface area contributed by atoms with Crippen molar-refractivity contribution >= 4 is 34.8 Å². The molecule has 1 heterocycles. The highest BCUT2D eigenvalue weighted by molar-refractivity contribution is 6.36. The van der Waals surface area contributed by atoms with E-state index in [1.165, 1.54) is 0 Å². The van der Waals surface area contributed by atoms with Crippen molar-refractivity contribution in [1.82, 2.24) is 0 Å². The number of hydrogen-bond donors (Lipinski definition) is 0. The van der Waals surface area contributed by atoms with Crippen molar-refractivity contribution in [3.63, 3.8) is 0 Å². The van der Waals surface area contributed by atoms with Gasteiger partial charge in [-0.1, -0.05) is 48.9 Å². The second-order valence-corrected chi connectivity index (χ2v) is 5.52. The summed E-state index contributed by atoms with van der Waals surface area (Å²) in [6.07, 6.45) is 2.88. The molecule has 0 aromatic heterocycles. The Balaban J connectivity index is 2.06. The second kappa shape index (κ2) is 5.74. The molecule has 21 heavy (non-hydrogen) atoms. The number of hydrogen-bond acceptors (Lipinski definition) is 1. The van der Waals surface area contributed by atoms with E-state index in [1.54, 1.807) is 0 Å². The lowest BCUT2D eigenvalue weighted by atomic mass is 10.0. The summed E-state index contributed by atoms with van der Waals surface area (Å²) < 4.78 is 0. The summed E-state index contributed by atoms with van der Waals surface area (Å²) >= 11 is 5.91. The van der Waals surface area contributed by atoms with Crippen molar-refractivity contribution in [2.24, 2.45) is 0 Å². The van der Waals surface area contributed by atoms with Crippen molar-refractivity contribution < 1.29 is 4.79 Å². The largest absolute Gasteiger partial charge is 0.308 e. The van der Waals surface area contributed by atoms with Crippen LogP contribution in [0, 0.1) is 0 Å². The van der Waals surface area contributed by atoms with Gasteiger partial charge in [0.15, 0.2) is 0 Å². The van der Waals surface area contributed by atoms with Crippen molar-refractivity contribution in [2.75, 3.05) is 11.4 Å². The average Bonchev–Trinajstić information content (AvgIpc) is 2.76. The minimum Gasteiger partial charge on any atom is -0.308 e. The molecule has 0 atom stereocenters. The van der Waals surface area contributed by atoms with E-state index >= 15 is 0 Å². The molecule has 0 N–H and O–H groups in total. The van der Waals surface area contributed by atoms with E-state index in [-0.39, 0.29) is 5.91 Å². The molecule has 106 valence electrons. The molecule has 1 aliphatic heterocycles. The molecule has 2 aromatic carbocycles. The Morgan fingerprint density at radius 2 is 1.81 bits per heavy atom. The molecule has 3 heteroatoms. The topological polar surface area (TPSA) is 20.3 Å². The number of benzene rings is 2. The Bertz CT molecular complexity index is 703. The molecule has 0 fully saturated rings. The van der Waals surface area contributed by atoms with E-state index < -0.39 is 0 Å². The molecule has 0 saturated carbocycles. The maximum atomic E-state index is 12.7. The van der Waals surface area contributed by atoms with Gasteiger partial charge >= 0.3 is 0 Å². The minimum atomic E-state index is 0.0769. The van der Waals surface area contributed by atoms with Gasteiger partial charge in [-0.05, 0) is 36.3 Å². The summed E-state index contributed by atoms with van der Waals surface area (Å²) in [5, 5.41) is 0.697. The van der Waals surface area contributed by atoms with Gasteiger partial charge in [0.25, 0.3) is 5.91 Å². The van der Waals surface area contributed by atoms with Crippen molar-refractivity contribution in [3.05, 3.63) is 64.7 Å². The maximum absolute atomic E-state index is 12.7. The summed E-state index contributed by atoms with van der Waals surface area (Å²) in [5.41, 5.74) is 3.74. The summed E-state index contributed by atoms with van der Waals surface area (Å²) in [6, 6.07) is 15.5. The van der Waals surface area contributed by atoms with E-state index in [0.717, 1.165) is 35.4 Å². The first-order valence-electron chi connectivity index (χ1n) is 7.09. The highest BCUT2D eigenvalue weighted by atomic mass is 35.5. The van der Waals surface area contributed by atoms with Crippen LogP contribution in [0.15, 0.2) is 48.5 Å². The van der Waals surface area contributed by atoms with Crippen LogP contribution in [-0.2, 0) is 4.79 Å². The van der Waals surface area contributed by atoms with Crippen LogP contribution in [0.5, 0.6) is 0 Å². The van der Waals surface area contributed by atoms with Crippen LogP contribution >= 0.6 is 11.6 Å². The molecule has 1 aliphatic rings. The molecular formula is C18H16ClNO. The third kappa shape index (κ3) is 2.59. The number of anilines is 1. The number of nitrogens with zero attached hydrogens (tertiary/aromatic N) is 1. The summed E-state index contributed by atoms with van der Waals surface area (Å²) in [5.74, 6) is 0.0769. The number of fused-ring (bicyclic) bond motifs is 1. The van der Waals surface area contributed by atoms with E-state index in [9.17, 15) is 4.79 Å². The third-order valence-electron chi connectivity index (χ3n) is 3.59. The lowest BCUT2D eigenvalue weighted by molar-refractivity contribution is -0.113. The predicted octanol–water partition coefficient (Wildman–Crippen LogP) is 4.64. The molecule has 0 spiro atoms. The van der Waals surface area contributed by atoms with Gasteiger partial charge in [0, 0.05) is 22.7 Å². The fourth-order valence-electron chi connectivity index (χ4n) is 2.62. The number of carbonyl (C=O) groups is 1. The van der Waals surface area contributed by atoms with Gasteiger partial charge in [0.2, 0.25) is 0 Å². The van der Waals surface area contributed by atoms with Gasteiger partial charge in [-0.25, -0.2) is 0 Å². The second-order valence-electron chi connectivity index (χ2n) is 5.08.